The molecule has 0 bridgehead atoms. The van der Waals surface area contributed by atoms with Gasteiger partial charge in [0.2, 0.25) is 0 Å². The van der Waals surface area contributed by atoms with Crippen molar-refractivity contribution in [2.45, 2.75) is 11.1 Å². The minimum absolute atomic E-state index is 0.0306. The number of benzene rings is 1. The molecule has 0 fully saturated rings. The minimum Gasteiger partial charge on any atom is -0.478 e. The Morgan fingerprint density at radius 3 is 2.11 bits per heavy atom. The van der Waals surface area contributed by atoms with E-state index >= 15 is 0 Å². The van der Waals surface area contributed by atoms with E-state index in [1.807, 2.05) is 0 Å². The summed E-state index contributed by atoms with van der Waals surface area (Å²) < 4.78 is 72.1. The first-order valence-corrected chi connectivity index (χ1v) is 6.34. The Kier molecular flexibility index (Phi) is 3.59. The van der Waals surface area contributed by atoms with Crippen molar-refractivity contribution in [3.8, 4) is 0 Å². The Morgan fingerprint density at radius 1 is 1.28 bits per heavy atom. The van der Waals surface area contributed by atoms with E-state index in [4.69, 9.17) is 15.8 Å². The van der Waals surface area contributed by atoms with Crippen LogP contribution < -0.4 is 0 Å². The maximum atomic E-state index is 13.2. The van der Waals surface area contributed by atoms with Gasteiger partial charge >= 0.3 is 12.1 Å². The smallest absolute Gasteiger partial charge is 0.417 e. The van der Waals surface area contributed by atoms with E-state index in [1.165, 1.54) is 0 Å². The second-order valence-electron chi connectivity index (χ2n) is 3.07. The van der Waals surface area contributed by atoms with E-state index in [-0.39, 0.29) is 12.1 Å². The number of carbonyl (C=O) groups is 1. The monoisotopic (exact) mass is 306 g/mol. The molecule has 1 N–H and O–H groups in total. The molecule has 0 unspecified atom stereocenters. The fraction of sp³-hybridized carbons (Fsp3) is 0.125. The van der Waals surface area contributed by atoms with Gasteiger partial charge in [0.15, 0.2) is 0 Å². The predicted octanol–water partition coefficient (Wildman–Crippen LogP) is 2.47. The Hall–Kier alpha value is -1.35. The number of halogens is 5. The van der Waals surface area contributed by atoms with Crippen molar-refractivity contribution in [2.75, 3.05) is 0 Å². The van der Waals surface area contributed by atoms with Crippen LogP contribution in [0, 0.1) is 5.82 Å². The number of aromatic carboxylic acids is 1. The van der Waals surface area contributed by atoms with Crippen molar-refractivity contribution < 1.29 is 35.9 Å². The zero-order valence-corrected chi connectivity index (χ0v) is 9.70. The number of carboxylic acid groups (broad SMARTS) is 1. The summed E-state index contributed by atoms with van der Waals surface area (Å²) in [6.07, 6.45) is -5.14. The van der Waals surface area contributed by atoms with Gasteiger partial charge < -0.3 is 5.11 Å². The average molecular weight is 307 g/mol. The summed E-state index contributed by atoms with van der Waals surface area (Å²) in [4.78, 5) is 9.27. The zero-order valence-electron chi connectivity index (χ0n) is 8.12. The summed E-state index contributed by atoms with van der Waals surface area (Å²) in [6, 6.07) is -0.193. The first kappa shape index (κ1) is 14.7. The zero-order chi connectivity index (χ0) is 14.3. The van der Waals surface area contributed by atoms with Gasteiger partial charge in [0.1, 0.15) is 10.7 Å². The highest BCUT2D eigenvalue weighted by Gasteiger charge is 2.37. The molecule has 0 atom stereocenters. The van der Waals surface area contributed by atoms with Crippen LogP contribution in [0.15, 0.2) is 17.0 Å². The van der Waals surface area contributed by atoms with Gasteiger partial charge in [0.25, 0.3) is 9.05 Å². The fourth-order valence-corrected chi connectivity index (χ4v) is 2.06. The predicted molar refractivity (Wildman–Crippen MR) is 51.4 cm³/mol. The molecular weight excluding hydrogens is 304 g/mol. The van der Waals surface area contributed by atoms with Crippen molar-refractivity contribution in [2.24, 2.45) is 0 Å². The second kappa shape index (κ2) is 4.39. The van der Waals surface area contributed by atoms with E-state index in [1.54, 1.807) is 0 Å². The molecular formula is C8H3ClF4O4S. The second-order valence-corrected chi connectivity index (χ2v) is 5.60. The highest BCUT2D eigenvalue weighted by molar-refractivity contribution is 8.13. The lowest BCUT2D eigenvalue weighted by Gasteiger charge is -2.11. The Labute approximate surface area is 102 Å². The third-order valence-corrected chi connectivity index (χ3v) is 3.21. The summed E-state index contributed by atoms with van der Waals surface area (Å²) in [6.45, 7) is 0. The van der Waals surface area contributed by atoms with Crippen LogP contribution in [-0.4, -0.2) is 19.5 Å². The standard InChI is InChI=1S/C8H3ClF4O4S/c9-18(16,17)6-1-3(7(14)15)4(2-5(6)10)8(11,12)13/h1-2H,(H,14,15). The quantitative estimate of drug-likeness (QED) is 0.673. The van der Waals surface area contributed by atoms with Crippen LogP contribution in [0.3, 0.4) is 0 Å². The van der Waals surface area contributed by atoms with Crippen molar-refractivity contribution in [3.63, 3.8) is 0 Å². The van der Waals surface area contributed by atoms with Crippen LogP contribution >= 0.6 is 10.7 Å². The molecule has 100 valence electrons. The van der Waals surface area contributed by atoms with Crippen LogP contribution in [0.2, 0.25) is 0 Å². The number of alkyl halides is 3. The van der Waals surface area contributed by atoms with Gasteiger partial charge in [0.05, 0.1) is 11.1 Å². The molecule has 18 heavy (non-hydrogen) atoms. The van der Waals surface area contributed by atoms with Gasteiger partial charge in [-0.1, -0.05) is 0 Å². The molecule has 0 saturated heterocycles. The van der Waals surface area contributed by atoms with Crippen LogP contribution in [0.5, 0.6) is 0 Å². The maximum Gasteiger partial charge on any atom is 0.417 e. The Balaban J connectivity index is 3.71. The van der Waals surface area contributed by atoms with Crippen molar-refractivity contribution in [1.29, 1.82) is 0 Å². The largest absolute Gasteiger partial charge is 0.478 e. The molecule has 10 heteroatoms. The van der Waals surface area contributed by atoms with Crippen LogP contribution in [0.25, 0.3) is 0 Å². The van der Waals surface area contributed by atoms with Gasteiger partial charge in [-0.15, -0.1) is 0 Å². The third kappa shape index (κ3) is 2.91. The molecule has 0 spiro atoms. The van der Waals surface area contributed by atoms with Gasteiger partial charge in [-0.2, -0.15) is 13.2 Å². The van der Waals surface area contributed by atoms with Crippen LogP contribution in [0.1, 0.15) is 15.9 Å². The summed E-state index contributed by atoms with van der Waals surface area (Å²) in [5.41, 5.74) is -3.19. The van der Waals surface area contributed by atoms with Gasteiger partial charge in [-0.3, -0.25) is 0 Å². The molecule has 1 aromatic rings. The highest BCUT2D eigenvalue weighted by Crippen LogP contribution is 2.35. The first-order valence-electron chi connectivity index (χ1n) is 4.03. The summed E-state index contributed by atoms with van der Waals surface area (Å²) in [5, 5.41) is 8.55. The van der Waals surface area contributed by atoms with Crippen LogP contribution in [-0.2, 0) is 15.2 Å². The van der Waals surface area contributed by atoms with E-state index in [0.29, 0.717) is 0 Å². The topological polar surface area (TPSA) is 71.4 Å². The lowest BCUT2D eigenvalue weighted by molar-refractivity contribution is -0.138. The molecule has 0 aliphatic carbocycles. The molecule has 0 aliphatic heterocycles. The first-order chi connectivity index (χ1) is 7.94. The van der Waals surface area contributed by atoms with E-state index in [0.717, 1.165) is 0 Å². The van der Waals surface area contributed by atoms with E-state index in [2.05, 4.69) is 0 Å². The molecule has 0 heterocycles. The molecule has 1 rings (SSSR count). The third-order valence-electron chi connectivity index (χ3n) is 1.87. The minimum atomic E-state index is -5.14. The van der Waals surface area contributed by atoms with E-state index in [9.17, 15) is 30.8 Å². The molecule has 4 nitrogen and oxygen atoms in total. The summed E-state index contributed by atoms with van der Waals surface area (Å²) in [7, 11) is 0.0799. The molecule has 0 aromatic heterocycles. The van der Waals surface area contributed by atoms with Crippen molar-refractivity contribution >= 4 is 25.7 Å². The summed E-state index contributed by atoms with van der Waals surface area (Å²) in [5.74, 6) is -3.83. The van der Waals surface area contributed by atoms with Gasteiger partial charge in [-0.05, 0) is 12.1 Å². The lowest BCUT2D eigenvalue weighted by Crippen LogP contribution is -2.15. The molecule has 0 radical (unpaired) electrons. The van der Waals surface area contributed by atoms with Gasteiger partial charge in [-0.25, -0.2) is 17.6 Å². The molecule has 1 aromatic carbocycles. The highest BCUT2D eigenvalue weighted by atomic mass is 35.7. The summed E-state index contributed by atoms with van der Waals surface area (Å²) >= 11 is 0. The maximum absolute atomic E-state index is 13.2. The van der Waals surface area contributed by atoms with Gasteiger partial charge in [0, 0.05) is 10.7 Å². The number of carboxylic acids is 1. The Bertz CT molecular complexity index is 608. The normalized spacial score (nSPS) is 12.5. The van der Waals surface area contributed by atoms with Crippen molar-refractivity contribution in [1.82, 2.24) is 0 Å². The lowest BCUT2D eigenvalue weighted by atomic mass is 10.1. The molecule has 0 aliphatic rings. The molecule has 0 amide bonds. The average Bonchev–Trinajstić information content (AvgIpc) is 2.13. The van der Waals surface area contributed by atoms with Crippen LogP contribution in [0.4, 0.5) is 17.6 Å². The van der Waals surface area contributed by atoms with Crippen molar-refractivity contribution in [3.05, 3.63) is 29.1 Å². The Morgan fingerprint density at radius 2 is 1.78 bits per heavy atom. The van der Waals surface area contributed by atoms with E-state index < -0.39 is 43.0 Å². The SMILES string of the molecule is O=C(O)c1cc(S(=O)(=O)Cl)c(F)cc1C(F)(F)F. The number of rotatable bonds is 2. The fourth-order valence-electron chi connectivity index (χ4n) is 1.15. The molecule has 0 saturated carbocycles. The number of hydrogen-bond acceptors (Lipinski definition) is 3. The number of hydrogen-bond donors (Lipinski definition) is 1.